The third kappa shape index (κ3) is 3.29. The molecule has 0 spiro atoms. The van der Waals surface area contributed by atoms with E-state index < -0.39 is 4.92 Å². The zero-order chi connectivity index (χ0) is 14.5. The summed E-state index contributed by atoms with van der Waals surface area (Å²) in [6, 6.07) is 11.9. The van der Waals surface area contributed by atoms with E-state index in [0.29, 0.717) is 0 Å². The van der Waals surface area contributed by atoms with Gasteiger partial charge in [-0.25, -0.2) is 0 Å². The van der Waals surface area contributed by atoms with Gasteiger partial charge in [0.2, 0.25) is 0 Å². The molecule has 0 radical (unpaired) electrons. The maximum Gasteiger partial charge on any atom is 0.270 e. The van der Waals surface area contributed by atoms with Crippen molar-refractivity contribution in [2.24, 2.45) is 0 Å². The number of rotatable bonds is 4. The summed E-state index contributed by atoms with van der Waals surface area (Å²) >= 11 is 0. The number of ketones is 1. The number of nitro groups is 1. The van der Waals surface area contributed by atoms with E-state index in [4.69, 9.17) is 5.11 Å². The van der Waals surface area contributed by atoms with E-state index in [1.165, 1.54) is 42.5 Å². The van der Waals surface area contributed by atoms with E-state index in [2.05, 4.69) is 0 Å². The Morgan fingerprint density at radius 3 is 2.50 bits per heavy atom. The highest BCUT2D eigenvalue weighted by Gasteiger charge is 2.09. The van der Waals surface area contributed by atoms with E-state index in [1.807, 2.05) is 0 Å². The maximum absolute atomic E-state index is 11.9. The molecule has 0 unspecified atom stereocenters. The lowest BCUT2D eigenvalue weighted by Crippen LogP contribution is -1.96. The minimum Gasteiger partial charge on any atom is -0.508 e. The number of hydrogen-bond acceptors (Lipinski definition) is 4. The fourth-order valence-corrected chi connectivity index (χ4v) is 1.63. The summed E-state index contributed by atoms with van der Waals surface area (Å²) in [6.45, 7) is 0. The fraction of sp³-hybridized carbons (Fsp3) is 0. The molecule has 0 amide bonds. The molecule has 1 N–H and O–H groups in total. The Kier molecular flexibility index (Phi) is 3.91. The summed E-state index contributed by atoms with van der Waals surface area (Å²) in [7, 11) is 0. The first-order chi connectivity index (χ1) is 9.56. The van der Waals surface area contributed by atoms with Crippen LogP contribution in [0.25, 0.3) is 6.08 Å². The van der Waals surface area contributed by atoms with E-state index >= 15 is 0 Å². The highest BCUT2D eigenvalue weighted by atomic mass is 16.6. The average Bonchev–Trinajstić information content (AvgIpc) is 2.46. The number of non-ortho nitro benzene ring substituents is 1. The van der Waals surface area contributed by atoms with Crippen molar-refractivity contribution in [3.8, 4) is 5.75 Å². The summed E-state index contributed by atoms with van der Waals surface area (Å²) < 4.78 is 0. The molecule has 20 heavy (non-hydrogen) atoms. The highest BCUT2D eigenvalue weighted by Crippen LogP contribution is 2.15. The first-order valence-electron chi connectivity index (χ1n) is 5.82. The smallest absolute Gasteiger partial charge is 0.270 e. The van der Waals surface area contributed by atoms with Crippen LogP contribution in [-0.2, 0) is 0 Å². The van der Waals surface area contributed by atoms with Crippen LogP contribution in [0.1, 0.15) is 15.9 Å². The van der Waals surface area contributed by atoms with Crippen molar-refractivity contribution >= 4 is 17.5 Å². The molecule has 2 aromatic carbocycles. The van der Waals surface area contributed by atoms with Crippen LogP contribution in [-0.4, -0.2) is 15.8 Å². The first-order valence-corrected chi connectivity index (χ1v) is 5.82. The number of phenolic OH excluding ortho intramolecular Hbond substituents is 1. The van der Waals surface area contributed by atoms with Gasteiger partial charge in [-0.05, 0) is 23.8 Å². The number of nitro benzene ring substituents is 1. The lowest BCUT2D eigenvalue weighted by Gasteiger charge is -1.97. The summed E-state index contributed by atoms with van der Waals surface area (Å²) in [4.78, 5) is 22.0. The van der Waals surface area contributed by atoms with Gasteiger partial charge in [0.15, 0.2) is 5.78 Å². The largest absolute Gasteiger partial charge is 0.508 e. The first kappa shape index (κ1) is 13.5. The summed E-state index contributed by atoms with van der Waals surface area (Å²) in [6.07, 6.45) is 2.92. The SMILES string of the molecule is O=C(C=Cc1ccc(O)cc1)c1cccc([N+](=O)[O-])c1. The van der Waals surface area contributed by atoms with Crippen molar-refractivity contribution in [1.82, 2.24) is 0 Å². The monoisotopic (exact) mass is 269 g/mol. The quantitative estimate of drug-likeness (QED) is 0.400. The second kappa shape index (κ2) is 5.79. The third-order valence-corrected chi connectivity index (χ3v) is 2.66. The normalized spacial score (nSPS) is 10.6. The lowest BCUT2D eigenvalue weighted by atomic mass is 10.1. The Hall–Kier alpha value is -2.95. The van der Waals surface area contributed by atoms with Crippen molar-refractivity contribution in [2.45, 2.75) is 0 Å². The van der Waals surface area contributed by atoms with Gasteiger partial charge in [-0.2, -0.15) is 0 Å². The Morgan fingerprint density at radius 1 is 1.15 bits per heavy atom. The number of carbonyl (C=O) groups is 1. The van der Waals surface area contributed by atoms with E-state index in [9.17, 15) is 14.9 Å². The van der Waals surface area contributed by atoms with Gasteiger partial charge in [0.05, 0.1) is 4.92 Å². The van der Waals surface area contributed by atoms with Crippen LogP contribution < -0.4 is 0 Å². The van der Waals surface area contributed by atoms with Crippen LogP contribution in [0.3, 0.4) is 0 Å². The van der Waals surface area contributed by atoms with Crippen molar-refractivity contribution in [3.05, 3.63) is 75.8 Å². The van der Waals surface area contributed by atoms with E-state index in [0.717, 1.165) is 5.56 Å². The predicted octanol–water partition coefficient (Wildman–Crippen LogP) is 3.20. The Morgan fingerprint density at radius 2 is 1.85 bits per heavy atom. The molecule has 2 aromatic rings. The van der Waals surface area contributed by atoms with Gasteiger partial charge in [0.1, 0.15) is 5.75 Å². The van der Waals surface area contributed by atoms with Gasteiger partial charge < -0.3 is 5.11 Å². The topological polar surface area (TPSA) is 80.4 Å². The van der Waals surface area contributed by atoms with Crippen molar-refractivity contribution in [1.29, 1.82) is 0 Å². The number of carbonyl (C=O) groups excluding carboxylic acids is 1. The van der Waals surface area contributed by atoms with Crippen molar-refractivity contribution in [3.63, 3.8) is 0 Å². The molecule has 0 aliphatic rings. The van der Waals surface area contributed by atoms with Gasteiger partial charge in [0, 0.05) is 17.7 Å². The minimum absolute atomic E-state index is 0.117. The van der Waals surface area contributed by atoms with Gasteiger partial charge in [-0.1, -0.05) is 30.3 Å². The van der Waals surface area contributed by atoms with Gasteiger partial charge in [-0.3, -0.25) is 14.9 Å². The summed E-state index contributed by atoms with van der Waals surface area (Å²) in [5.74, 6) is -0.172. The van der Waals surface area contributed by atoms with Crippen molar-refractivity contribution in [2.75, 3.05) is 0 Å². The molecule has 2 rings (SSSR count). The molecule has 0 aliphatic carbocycles. The average molecular weight is 269 g/mol. The van der Waals surface area contributed by atoms with E-state index in [1.54, 1.807) is 18.2 Å². The van der Waals surface area contributed by atoms with Gasteiger partial charge in [0.25, 0.3) is 5.69 Å². The Labute approximate surface area is 115 Å². The molecule has 0 heterocycles. The van der Waals surface area contributed by atoms with Crippen molar-refractivity contribution < 1.29 is 14.8 Å². The third-order valence-electron chi connectivity index (χ3n) is 2.66. The molecule has 0 saturated carbocycles. The van der Waals surface area contributed by atoms with Gasteiger partial charge in [-0.15, -0.1) is 0 Å². The molecular formula is C15H11NO4. The summed E-state index contributed by atoms with van der Waals surface area (Å²) in [5, 5.41) is 19.8. The number of allylic oxidation sites excluding steroid dienone is 1. The highest BCUT2D eigenvalue weighted by molar-refractivity contribution is 6.07. The number of hydrogen-bond donors (Lipinski definition) is 1. The zero-order valence-electron chi connectivity index (χ0n) is 10.4. The fourth-order valence-electron chi connectivity index (χ4n) is 1.63. The number of aromatic hydroxyl groups is 1. The van der Waals surface area contributed by atoms with Crippen LogP contribution in [0.4, 0.5) is 5.69 Å². The number of benzene rings is 2. The second-order valence-corrected chi connectivity index (χ2v) is 4.10. The second-order valence-electron chi connectivity index (χ2n) is 4.10. The maximum atomic E-state index is 11.9. The van der Waals surface area contributed by atoms with Gasteiger partial charge >= 0.3 is 0 Å². The van der Waals surface area contributed by atoms with Crippen LogP contribution in [0.5, 0.6) is 5.75 Å². The Bertz CT molecular complexity index is 675. The summed E-state index contributed by atoms with van der Waals surface area (Å²) in [5.41, 5.74) is 0.893. The molecule has 0 fully saturated rings. The molecule has 100 valence electrons. The van der Waals surface area contributed by atoms with E-state index in [-0.39, 0.29) is 22.8 Å². The molecule has 5 nitrogen and oxygen atoms in total. The number of phenols is 1. The predicted molar refractivity (Wildman–Crippen MR) is 74.6 cm³/mol. The van der Waals surface area contributed by atoms with Crippen LogP contribution in [0.15, 0.2) is 54.6 Å². The molecule has 0 atom stereocenters. The molecule has 0 bridgehead atoms. The van der Waals surface area contributed by atoms with Crippen LogP contribution in [0, 0.1) is 10.1 Å². The molecule has 0 aromatic heterocycles. The minimum atomic E-state index is -0.541. The zero-order valence-corrected chi connectivity index (χ0v) is 10.4. The lowest BCUT2D eigenvalue weighted by molar-refractivity contribution is -0.384. The van der Waals surface area contributed by atoms with Crippen LogP contribution in [0.2, 0.25) is 0 Å². The molecule has 0 aliphatic heterocycles. The number of nitrogens with zero attached hydrogens (tertiary/aromatic N) is 1. The standard InChI is InChI=1S/C15H11NO4/c17-14-7-4-11(5-8-14)6-9-15(18)12-2-1-3-13(10-12)16(19)20/h1-10,17H. The molecular weight excluding hydrogens is 258 g/mol. The molecule has 0 saturated heterocycles. The molecule has 5 heteroatoms. The Balaban J connectivity index is 2.17. The van der Waals surface area contributed by atoms with Crippen LogP contribution >= 0.6 is 0 Å².